The fourth-order valence-electron chi connectivity index (χ4n) is 5.20. The molecule has 0 radical (unpaired) electrons. The number of nitrogens with zero attached hydrogens (tertiary/aromatic N) is 3. The Bertz CT molecular complexity index is 749. The molecule has 3 aliphatic rings. The first-order valence-electron chi connectivity index (χ1n) is 11.7. The van der Waals surface area contributed by atoms with Crippen LogP contribution in [0.25, 0.3) is 0 Å². The average Bonchev–Trinajstić information content (AvgIpc) is 2.78. The van der Waals surface area contributed by atoms with Gasteiger partial charge in [0.1, 0.15) is 0 Å². The third-order valence-corrected chi connectivity index (χ3v) is 7.12. The SMILES string of the molecule is CC(C)N1CCN(C(=O)[C@H]2CC[C@@H](NC(=O)N3CCCc4ccccc43)CC2)CC1. The summed E-state index contributed by atoms with van der Waals surface area (Å²) in [4.78, 5) is 32.3. The molecule has 6 heteroatoms. The Kier molecular flexibility index (Phi) is 6.61. The summed E-state index contributed by atoms with van der Waals surface area (Å²) < 4.78 is 0. The first-order valence-corrected chi connectivity index (χ1v) is 11.7. The van der Waals surface area contributed by atoms with Gasteiger partial charge in [-0.05, 0) is 64.0 Å². The minimum absolute atomic E-state index is 0.0155. The van der Waals surface area contributed by atoms with Crippen molar-refractivity contribution in [3.8, 4) is 0 Å². The van der Waals surface area contributed by atoms with E-state index in [-0.39, 0.29) is 18.0 Å². The Morgan fingerprint density at radius 3 is 2.37 bits per heavy atom. The van der Waals surface area contributed by atoms with Crippen LogP contribution in [0, 0.1) is 5.92 Å². The van der Waals surface area contributed by atoms with Crippen LogP contribution in [0.3, 0.4) is 0 Å². The van der Waals surface area contributed by atoms with Crippen LogP contribution in [0.1, 0.15) is 51.5 Å². The van der Waals surface area contributed by atoms with Gasteiger partial charge in [0.25, 0.3) is 0 Å². The lowest BCUT2D eigenvalue weighted by molar-refractivity contribution is -0.138. The quantitative estimate of drug-likeness (QED) is 0.829. The predicted octanol–water partition coefficient (Wildman–Crippen LogP) is 3.26. The second kappa shape index (κ2) is 9.38. The van der Waals surface area contributed by atoms with E-state index in [0.717, 1.165) is 76.9 Å². The fraction of sp³-hybridized carbons (Fsp3) is 0.667. The largest absolute Gasteiger partial charge is 0.340 e. The van der Waals surface area contributed by atoms with Gasteiger partial charge < -0.3 is 10.2 Å². The molecule has 1 aromatic carbocycles. The molecule has 0 aromatic heterocycles. The lowest BCUT2D eigenvalue weighted by Crippen LogP contribution is -2.53. The zero-order valence-electron chi connectivity index (χ0n) is 18.5. The number of carbonyl (C=O) groups excluding carboxylic acids is 2. The molecule has 6 nitrogen and oxygen atoms in total. The van der Waals surface area contributed by atoms with Gasteiger partial charge in [0, 0.05) is 56.4 Å². The highest BCUT2D eigenvalue weighted by molar-refractivity contribution is 5.93. The van der Waals surface area contributed by atoms with Gasteiger partial charge in [0.2, 0.25) is 5.91 Å². The van der Waals surface area contributed by atoms with Crippen LogP contribution in [0.2, 0.25) is 0 Å². The topological polar surface area (TPSA) is 55.9 Å². The maximum absolute atomic E-state index is 13.0. The standard InChI is InChI=1S/C24H36N4O2/c1-18(2)26-14-16-27(17-15-26)23(29)20-9-11-21(12-10-20)25-24(30)28-13-5-7-19-6-3-4-8-22(19)28/h3-4,6,8,18,20-21H,5,7,9-17H2,1-2H3,(H,25,30)/t20-,21+. The number of aryl methyl sites for hydroxylation is 1. The van der Waals surface area contributed by atoms with Crippen molar-refractivity contribution in [2.24, 2.45) is 5.92 Å². The van der Waals surface area contributed by atoms with Crippen LogP contribution in [0.5, 0.6) is 0 Å². The third kappa shape index (κ3) is 4.64. The second-order valence-corrected chi connectivity index (χ2v) is 9.34. The molecule has 2 heterocycles. The Labute approximate surface area is 180 Å². The number of carbonyl (C=O) groups is 2. The normalized spacial score (nSPS) is 25.2. The molecule has 1 aliphatic carbocycles. The van der Waals surface area contributed by atoms with Crippen molar-refractivity contribution in [2.45, 2.75) is 64.5 Å². The number of hydrogen-bond donors (Lipinski definition) is 1. The maximum atomic E-state index is 13.0. The summed E-state index contributed by atoms with van der Waals surface area (Å²) in [7, 11) is 0. The molecular formula is C24H36N4O2. The number of amides is 3. The Morgan fingerprint density at radius 2 is 1.67 bits per heavy atom. The molecule has 4 rings (SSSR count). The van der Waals surface area contributed by atoms with Crippen LogP contribution in [0.15, 0.2) is 24.3 Å². The molecule has 0 spiro atoms. The molecular weight excluding hydrogens is 376 g/mol. The van der Waals surface area contributed by atoms with E-state index in [2.05, 4.69) is 35.0 Å². The first kappa shape index (κ1) is 21.2. The highest BCUT2D eigenvalue weighted by Crippen LogP contribution is 2.29. The number of para-hydroxylation sites is 1. The van der Waals surface area contributed by atoms with E-state index in [9.17, 15) is 9.59 Å². The van der Waals surface area contributed by atoms with Crippen LogP contribution >= 0.6 is 0 Å². The van der Waals surface area contributed by atoms with Gasteiger partial charge >= 0.3 is 6.03 Å². The molecule has 0 atom stereocenters. The van der Waals surface area contributed by atoms with Crippen LogP contribution < -0.4 is 10.2 Å². The van der Waals surface area contributed by atoms with Crippen molar-refractivity contribution in [1.29, 1.82) is 0 Å². The van der Waals surface area contributed by atoms with Gasteiger partial charge in [-0.3, -0.25) is 14.6 Å². The van der Waals surface area contributed by atoms with Gasteiger partial charge in [0.05, 0.1) is 0 Å². The zero-order chi connectivity index (χ0) is 21.1. The monoisotopic (exact) mass is 412 g/mol. The highest BCUT2D eigenvalue weighted by Gasteiger charge is 2.32. The number of nitrogens with one attached hydrogen (secondary N) is 1. The number of benzene rings is 1. The average molecular weight is 413 g/mol. The van der Waals surface area contributed by atoms with E-state index >= 15 is 0 Å². The molecule has 1 saturated heterocycles. The summed E-state index contributed by atoms with van der Waals surface area (Å²) in [5, 5.41) is 3.24. The second-order valence-electron chi connectivity index (χ2n) is 9.34. The van der Waals surface area contributed by atoms with Crippen LogP contribution in [-0.4, -0.2) is 66.5 Å². The number of rotatable bonds is 3. The summed E-state index contributed by atoms with van der Waals surface area (Å²) >= 11 is 0. The first-order chi connectivity index (χ1) is 14.5. The van der Waals surface area contributed by atoms with Gasteiger partial charge in [-0.1, -0.05) is 18.2 Å². The number of piperazine rings is 1. The van der Waals surface area contributed by atoms with Crippen molar-refractivity contribution < 1.29 is 9.59 Å². The molecule has 0 unspecified atom stereocenters. The third-order valence-electron chi connectivity index (χ3n) is 7.12. The number of urea groups is 1. The minimum Gasteiger partial charge on any atom is -0.340 e. The zero-order valence-corrected chi connectivity index (χ0v) is 18.5. The number of fused-ring (bicyclic) bond motifs is 1. The van der Waals surface area contributed by atoms with Crippen molar-refractivity contribution in [3.63, 3.8) is 0 Å². The van der Waals surface area contributed by atoms with E-state index in [1.807, 2.05) is 23.1 Å². The Balaban J connectivity index is 1.25. The van der Waals surface area contributed by atoms with E-state index in [1.165, 1.54) is 5.56 Å². The van der Waals surface area contributed by atoms with Crippen molar-refractivity contribution in [3.05, 3.63) is 29.8 Å². The van der Waals surface area contributed by atoms with Gasteiger partial charge in [-0.2, -0.15) is 0 Å². The number of hydrogen-bond acceptors (Lipinski definition) is 3. The Morgan fingerprint density at radius 1 is 0.967 bits per heavy atom. The minimum atomic E-state index is 0.0155. The lowest BCUT2D eigenvalue weighted by Gasteiger charge is -2.39. The molecule has 2 aliphatic heterocycles. The molecule has 3 amide bonds. The van der Waals surface area contributed by atoms with Gasteiger partial charge in [-0.15, -0.1) is 0 Å². The summed E-state index contributed by atoms with van der Waals surface area (Å²) in [6, 6.07) is 8.95. The van der Waals surface area contributed by atoms with E-state index in [1.54, 1.807) is 0 Å². The van der Waals surface area contributed by atoms with Crippen molar-refractivity contribution in [2.75, 3.05) is 37.6 Å². The smallest absolute Gasteiger partial charge is 0.322 e. The molecule has 1 saturated carbocycles. The van der Waals surface area contributed by atoms with Crippen molar-refractivity contribution in [1.82, 2.24) is 15.1 Å². The van der Waals surface area contributed by atoms with Gasteiger partial charge in [0.15, 0.2) is 0 Å². The summed E-state index contributed by atoms with van der Waals surface area (Å²) in [5.74, 6) is 0.451. The van der Waals surface area contributed by atoms with Crippen LogP contribution in [0.4, 0.5) is 10.5 Å². The van der Waals surface area contributed by atoms with E-state index in [4.69, 9.17) is 0 Å². The summed E-state index contributed by atoms with van der Waals surface area (Å²) in [6.45, 7) is 8.87. The highest BCUT2D eigenvalue weighted by atomic mass is 16.2. The molecule has 1 aromatic rings. The summed E-state index contributed by atoms with van der Waals surface area (Å²) in [6.07, 6.45) is 5.59. The Hall–Kier alpha value is -2.08. The molecule has 0 bridgehead atoms. The molecule has 1 N–H and O–H groups in total. The predicted molar refractivity (Wildman–Crippen MR) is 120 cm³/mol. The van der Waals surface area contributed by atoms with Crippen LogP contribution in [-0.2, 0) is 11.2 Å². The molecule has 30 heavy (non-hydrogen) atoms. The fourth-order valence-corrected chi connectivity index (χ4v) is 5.20. The van der Waals surface area contributed by atoms with Crippen molar-refractivity contribution >= 4 is 17.6 Å². The molecule has 164 valence electrons. The van der Waals surface area contributed by atoms with Gasteiger partial charge in [-0.25, -0.2) is 4.79 Å². The number of anilines is 1. The van der Waals surface area contributed by atoms with E-state index < -0.39 is 0 Å². The summed E-state index contributed by atoms with van der Waals surface area (Å²) in [5.41, 5.74) is 2.30. The lowest BCUT2D eigenvalue weighted by atomic mass is 9.85. The molecule has 2 fully saturated rings. The van der Waals surface area contributed by atoms with E-state index in [0.29, 0.717) is 11.9 Å². The maximum Gasteiger partial charge on any atom is 0.322 e.